The molecule has 3 atom stereocenters. The van der Waals surface area contributed by atoms with Crippen LogP contribution in [0.15, 0.2) is 6.20 Å². The maximum atomic E-state index is 12.3. The van der Waals surface area contributed by atoms with E-state index in [-0.39, 0.29) is 35.5 Å². The monoisotopic (exact) mass is 358 g/mol. The van der Waals surface area contributed by atoms with E-state index in [1.807, 2.05) is 6.20 Å². The third kappa shape index (κ3) is 3.70. The molecule has 0 bridgehead atoms. The lowest BCUT2D eigenvalue weighted by Gasteiger charge is -2.38. The molecule has 1 N–H and O–H groups in total. The molecule has 6 nitrogen and oxygen atoms in total. The predicted molar refractivity (Wildman–Crippen MR) is 100.0 cm³/mol. The van der Waals surface area contributed by atoms with Gasteiger partial charge in [-0.05, 0) is 44.9 Å². The first-order valence-electron chi connectivity index (χ1n) is 9.87. The molecule has 3 aliphatic rings. The fourth-order valence-corrected chi connectivity index (χ4v) is 4.29. The highest BCUT2D eigenvalue weighted by atomic mass is 16.5. The second kappa shape index (κ2) is 6.48. The highest BCUT2D eigenvalue weighted by Gasteiger charge is 2.38. The van der Waals surface area contributed by atoms with Gasteiger partial charge < -0.3 is 15.0 Å². The second-order valence-corrected chi connectivity index (χ2v) is 9.11. The molecule has 6 heteroatoms. The second-order valence-electron chi connectivity index (χ2n) is 9.11. The Hall–Kier alpha value is -1.69. The first kappa shape index (κ1) is 17.7. The van der Waals surface area contributed by atoms with E-state index in [0.717, 1.165) is 56.0 Å². The molecule has 2 heterocycles. The Morgan fingerprint density at radius 3 is 2.62 bits per heavy atom. The van der Waals surface area contributed by atoms with Crippen LogP contribution in [0.1, 0.15) is 64.3 Å². The summed E-state index contributed by atoms with van der Waals surface area (Å²) in [7, 11) is 0. The lowest BCUT2D eigenvalue weighted by Crippen LogP contribution is -2.46. The van der Waals surface area contributed by atoms with Crippen molar-refractivity contribution in [2.45, 2.75) is 71.6 Å². The van der Waals surface area contributed by atoms with Gasteiger partial charge in [0.05, 0.1) is 23.9 Å². The van der Waals surface area contributed by atoms with Crippen molar-refractivity contribution in [1.29, 1.82) is 0 Å². The molecule has 3 unspecified atom stereocenters. The van der Waals surface area contributed by atoms with Crippen molar-refractivity contribution in [2.75, 3.05) is 18.0 Å². The van der Waals surface area contributed by atoms with E-state index in [1.54, 1.807) is 0 Å². The van der Waals surface area contributed by atoms with Crippen LogP contribution in [0.3, 0.4) is 0 Å². The number of nitrogens with zero attached hydrogens (tertiary/aromatic N) is 3. The van der Waals surface area contributed by atoms with Crippen LogP contribution in [-0.2, 0) is 16.0 Å². The number of amides is 1. The van der Waals surface area contributed by atoms with Crippen molar-refractivity contribution in [3.8, 4) is 0 Å². The molecular formula is C20H30N4O2. The van der Waals surface area contributed by atoms with E-state index < -0.39 is 0 Å². The number of morpholine rings is 1. The number of carbonyl (C=O) groups is 1. The topological polar surface area (TPSA) is 67.4 Å². The van der Waals surface area contributed by atoms with Crippen LogP contribution in [0.4, 0.5) is 5.95 Å². The third-order valence-corrected chi connectivity index (χ3v) is 5.63. The number of aromatic nitrogens is 2. The maximum absolute atomic E-state index is 12.3. The molecule has 1 aliphatic heterocycles. The average Bonchev–Trinajstić information content (AvgIpc) is 3.37. The SMILES string of the molecule is CC1CN(c2ncc3c(n2)CC(C)(C)CC3NC(=O)C2CC2)CC(C)O1. The lowest BCUT2D eigenvalue weighted by atomic mass is 9.74. The summed E-state index contributed by atoms with van der Waals surface area (Å²) in [5.74, 6) is 1.20. The Bertz CT molecular complexity index is 691. The van der Waals surface area contributed by atoms with Gasteiger partial charge in [0.2, 0.25) is 11.9 Å². The van der Waals surface area contributed by atoms with E-state index in [4.69, 9.17) is 9.72 Å². The molecule has 142 valence electrons. The number of hydrogen-bond donors (Lipinski definition) is 1. The molecule has 2 fully saturated rings. The fraction of sp³-hybridized carbons (Fsp3) is 0.750. The molecule has 26 heavy (non-hydrogen) atoms. The van der Waals surface area contributed by atoms with E-state index in [0.29, 0.717) is 0 Å². The van der Waals surface area contributed by atoms with Crippen molar-refractivity contribution in [3.63, 3.8) is 0 Å². The molecule has 2 aliphatic carbocycles. The van der Waals surface area contributed by atoms with Gasteiger partial charge in [0.25, 0.3) is 0 Å². The van der Waals surface area contributed by atoms with Gasteiger partial charge in [-0.3, -0.25) is 4.79 Å². The Balaban J connectivity index is 1.59. The number of fused-ring (bicyclic) bond motifs is 1. The van der Waals surface area contributed by atoms with Crippen molar-refractivity contribution in [1.82, 2.24) is 15.3 Å². The van der Waals surface area contributed by atoms with E-state index in [2.05, 4.69) is 42.9 Å². The highest BCUT2D eigenvalue weighted by molar-refractivity contribution is 5.81. The molecule has 0 radical (unpaired) electrons. The minimum Gasteiger partial charge on any atom is -0.372 e. The summed E-state index contributed by atoms with van der Waals surface area (Å²) in [5, 5.41) is 3.25. The molecule has 0 spiro atoms. The summed E-state index contributed by atoms with van der Waals surface area (Å²) in [6, 6.07) is 0.0263. The fourth-order valence-electron chi connectivity index (χ4n) is 4.29. The van der Waals surface area contributed by atoms with Crippen LogP contribution in [0.25, 0.3) is 0 Å². The van der Waals surface area contributed by atoms with Crippen LogP contribution >= 0.6 is 0 Å². The normalized spacial score (nSPS) is 30.6. The number of hydrogen-bond acceptors (Lipinski definition) is 5. The zero-order valence-corrected chi connectivity index (χ0v) is 16.3. The van der Waals surface area contributed by atoms with Gasteiger partial charge in [-0.1, -0.05) is 13.8 Å². The average molecular weight is 358 g/mol. The first-order valence-corrected chi connectivity index (χ1v) is 9.87. The van der Waals surface area contributed by atoms with Gasteiger partial charge in [-0.25, -0.2) is 9.97 Å². The van der Waals surface area contributed by atoms with Crippen LogP contribution in [-0.4, -0.2) is 41.2 Å². The van der Waals surface area contributed by atoms with Crippen LogP contribution in [0.5, 0.6) is 0 Å². The summed E-state index contributed by atoms with van der Waals surface area (Å²) < 4.78 is 5.83. The first-order chi connectivity index (χ1) is 12.3. The largest absolute Gasteiger partial charge is 0.372 e. The van der Waals surface area contributed by atoms with E-state index in [1.165, 1.54) is 0 Å². The molecule has 1 aromatic heterocycles. The number of ether oxygens (including phenoxy) is 1. The summed E-state index contributed by atoms with van der Waals surface area (Å²) in [5.41, 5.74) is 2.29. The van der Waals surface area contributed by atoms with Crippen molar-refractivity contribution < 1.29 is 9.53 Å². The summed E-state index contributed by atoms with van der Waals surface area (Å²) in [4.78, 5) is 24.1. The summed E-state index contributed by atoms with van der Waals surface area (Å²) in [6.45, 7) is 10.3. The number of nitrogens with one attached hydrogen (secondary N) is 1. The quantitative estimate of drug-likeness (QED) is 0.900. The molecular weight excluding hydrogens is 328 g/mol. The molecule has 1 saturated carbocycles. The smallest absolute Gasteiger partial charge is 0.225 e. The number of anilines is 1. The zero-order chi connectivity index (χ0) is 18.5. The van der Waals surface area contributed by atoms with Crippen LogP contribution in [0.2, 0.25) is 0 Å². The van der Waals surface area contributed by atoms with Crippen LogP contribution < -0.4 is 10.2 Å². The highest BCUT2D eigenvalue weighted by Crippen LogP contribution is 2.41. The molecule has 1 amide bonds. The maximum Gasteiger partial charge on any atom is 0.225 e. The van der Waals surface area contributed by atoms with Crippen molar-refractivity contribution >= 4 is 11.9 Å². The van der Waals surface area contributed by atoms with E-state index in [9.17, 15) is 4.79 Å². The zero-order valence-electron chi connectivity index (χ0n) is 16.3. The molecule has 4 rings (SSSR count). The predicted octanol–water partition coefficient (Wildman–Crippen LogP) is 2.63. The summed E-state index contributed by atoms with van der Waals surface area (Å²) in [6.07, 6.45) is 6.21. The van der Waals surface area contributed by atoms with Gasteiger partial charge in [0, 0.05) is 30.8 Å². The number of rotatable bonds is 3. The Morgan fingerprint density at radius 2 is 1.96 bits per heavy atom. The number of carbonyl (C=O) groups excluding carboxylic acids is 1. The van der Waals surface area contributed by atoms with Crippen molar-refractivity contribution in [3.05, 3.63) is 17.5 Å². The molecule has 1 saturated heterocycles. The van der Waals surface area contributed by atoms with E-state index >= 15 is 0 Å². The molecule has 1 aromatic rings. The standard InChI is InChI=1S/C20H30N4O2/c1-12-10-24(11-13(2)26-12)19-21-9-15-16(22-18(25)14-5-6-14)7-20(3,4)8-17(15)23-19/h9,12-14,16H,5-8,10-11H2,1-4H3,(H,22,25). The van der Waals surface area contributed by atoms with Gasteiger partial charge in [-0.2, -0.15) is 0 Å². The molecule has 0 aromatic carbocycles. The van der Waals surface area contributed by atoms with Gasteiger partial charge in [0.1, 0.15) is 0 Å². The van der Waals surface area contributed by atoms with Gasteiger partial charge >= 0.3 is 0 Å². The lowest BCUT2D eigenvalue weighted by molar-refractivity contribution is -0.123. The van der Waals surface area contributed by atoms with Crippen LogP contribution in [0, 0.1) is 11.3 Å². The third-order valence-electron chi connectivity index (χ3n) is 5.63. The van der Waals surface area contributed by atoms with Gasteiger partial charge in [-0.15, -0.1) is 0 Å². The Labute approximate surface area is 155 Å². The summed E-state index contributed by atoms with van der Waals surface area (Å²) >= 11 is 0. The minimum atomic E-state index is 0.0263. The van der Waals surface area contributed by atoms with Crippen molar-refractivity contribution in [2.24, 2.45) is 11.3 Å². The van der Waals surface area contributed by atoms with Gasteiger partial charge in [0.15, 0.2) is 0 Å². The Kier molecular flexibility index (Phi) is 4.41. The minimum absolute atomic E-state index is 0.0263. The Morgan fingerprint density at radius 1 is 1.27 bits per heavy atom.